The van der Waals surface area contributed by atoms with Crippen LogP contribution < -0.4 is 10.6 Å². The standard InChI is InChI=1S/C16H20FN3O/c1-2-18-16(20-12-14-7-5-11-21-14)19-10-9-13-6-3-4-8-15(13)17/h3-8,11H,2,9-10,12H2,1H3,(H2,18,19,20). The number of nitrogens with zero attached hydrogens (tertiary/aromatic N) is 1. The van der Waals surface area contributed by atoms with Gasteiger partial charge < -0.3 is 15.1 Å². The van der Waals surface area contributed by atoms with Crippen LogP contribution in [0.1, 0.15) is 18.2 Å². The molecule has 2 rings (SSSR count). The summed E-state index contributed by atoms with van der Waals surface area (Å²) < 4.78 is 18.7. The van der Waals surface area contributed by atoms with Gasteiger partial charge in [0.25, 0.3) is 0 Å². The molecule has 0 aliphatic rings. The summed E-state index contributed by atoms with van der Waals surface area (Å²) >= 11 is 0. The van der Waals surface area contributed by atoms with Crippen LogP contribution in [0.5, 0.6) is 0 Å². The van der Waals surface area contributed by atoms with Crippen molar-refractivity contribution >= 4 is 5.96 Å². The smallest absolute Gasteiger partial charge is 0.191 e. The maximum Gasteiger partial charge on any atom is 0.191 e. The zero-order chi connectivity index (χ0) is 14.9. The summed E-state index contributed by atoms with van der Waals surface area (Å²) in [7, 11) is 0. The Labute approximate surface area is 124 Å². The molecule has 0 saturated heterocycles. The largest absolute Gasteiger partial charge is 0.467 e. The lowest BCUT2D eigenvalue weighted by Crippen LogP contribution is -2.38. The number of hydrogen-bond donors (Lipinski definition) is 2. The number of nitrogens with one attached hydrogen (secondary N) is 2. The van der Waals surface area contributed by atoms with Crippen molar-refractivity contribution in [1.82, 2.24) is 10.6 Å². The third kappa shape index (κ3) is 4.95. The van der Waals surface area contributed by atoms with E-state index in [1.807, 2.05) is 25.1 Å². The molecule has 4 nitrogen and oxygen atoms in total. The van der Waals surface area contributed by atoms with E-state index in [2.05, 4.69) is 15.6 Å². The number of rotatable bonds is 6. The Morgan fingerprint density at radius 1 is 1.19 bits per heavy atom. The minimum absolute atomic E-state index is 0.170. The van der Waals surface area contributed by atoms with Crippen molar-refractivity contribution in [3.8, 4) is 0 Å². The van der Waals surface area contributed by atoms with Crippen LogP contribution in [-0.4, -0.2) is 19.0 Å². The highest BCUT2D eigenvalue weighted by Gasteiger charge is 2.02. The summed E-state index contributed by atoms with van der Waals surface area (Å²) in [5.41, 5.74) is 0.701. The van der Waals surface area contributed by atoms with E-state index < -0.39 is 0 Å². The van der Waals surface area contributed by atoms with Gasteiger partial charge in [-0.3, -0.25) is 0 Å². The van der Waals surface area contributed by atoms with Crippen LogP contribution in [-0.2, 0) is 13.0 Å². The molecular weight excluding hydrogens is 269 g/mol. The molecule has 2 N–H and O–H groups in total. The van der Waals surface area contributed by atoms with Crippen LogP contribution in [0.3, 0.4) is 0 Å². The molecule has 112 valence electrons. The molecule has 1 heterocycles. The van der Waals surface area contributed by atoms with E-state index in [9.17, 15) is 4.39 Å². The number of furan rings is 1. The first kappa shape index (κ1) is 15.1. The molecule has 0 aliphatic carbocycles. The molecule has 0 fully saturated rings. The lowest BCUT2D eigenvalue weighted by molar-refractivity contribution is 0.512. The fraction of sp³-hybridized carbons (Fsp3) is 0.312. The third-order valence-electron chi connectivity index (χ3n) is 2.96. The van der Waals surface area contributed by atoms with Crippen molar-refractivity contribution in [3.05, 3.63) is 59.8 Å². The normalized spacial score (nSPS) is 11.4. The SMILES string of the molecule is CCNC(=NCc1ccco1)NCCc1ccccc1F. The van der Waals surface area contributed by atoms with Crippen molar-refractivity contribution in [1.29, 1.82) is 0 Å². The van der Waals surface area contributed by atoms with E-state index in [0.717, 1.165) is 12.3 Å². The summed E-state index contributed by atoms with van der Waals surface area (Å²) in [5.74, 6) is 1.34. The van der Waals surface area contributed by atoms with E-state index in [1.54, 1.807) is 18.4 Å². The molecule has 0 amide bonds. The molecule has 0 radical (unpaired) electrons. The molecule has 5 heteroatoms. The molecule has 1 aromatic heterocycles. The van der Waals surface area contributed by atoms with Gasteiger partial charge in [0.1, 0.15) is 18.1 Å². The number of halogens is 1. The average molecular weight is 289 g/mol. The zero-order valence-electron chi connectivity index (χ0n) is 12.1. The Morgan fingerprint density at radius 2 is 2.05 bits per heavy atom. The molecule has 0 bridgehead atoms. The Morgan fingerprint density at radius 3 is 2.76 bits per heavy atom. The van der Waals surface area contributed by atoms with Crippen LogP contribution in [0, 0.1) is 5.82 Å². The highest BCUT2D eigenvalue weighted by molar-refractivity contribution is 5.79. The third-order valence-corrected chi connectivity index (χ3v) is 2.96. The molecule has 2 aromatic rings. The maximum absolute atomic E-state index is 13.5. The second-order valence-corrected chi connectivity index (χ2v) is 4.54. The van der Waals surface area contributed by atoms with Crippen molar-refractivity contribution in [2.24, 2.45) is 4.99 Å². The first-order chi connectivity index (χ1) is 10.3. The number of aliphatic imine (C=N–C) groups is 1. The number of benzene rings is 1. The van der Waals surface area contributed by atoms with Crippen molar-refractivity contribution in [2.75, 3.05) is 13.1 Å². The highest BCUT2D eigenvalue weighted by atomic mass is 19.1. The van der Waals surface area contributed by atoms with Gasteiger partial charge >= 0.3 is 0 Å². The predicted octanol–water partition coefficient (Wildman–Crippen LogP) is 2.72. The molecule has 0 atom stereocenters. The minimum Gasteiger partial charge on any atom is -0.467 e. The Balaban J connectivity index is 1.85. The molecule has 0 saturated carbocycles. The van der Waals surface area contributed by atoms with E-state index in [0.29, 0.717) is 31.0 Å². The molecule has 21 heavy (non-hydrogen) atoms. The van der Waals surface area contributed by atoms with E-state index in [-0.39, 0.29) is 5.82 Å². The van der Waals surface area contributed by atoms with Gasteiger partial charge in [0.05, 0.1) is 6.26 Å². The maximum atomic E-state index is 13.5. The van der Waals surface area contributed by atoms with Gasteiger partial charge in [-0.15, -0.1) is 0 Å². The van der Waals surface area contributed by atoms with E-state index >= 15 is 0 Å². The van der Waals surface area contributed by atoms with Crippen molar-refractivity contribution < 1.29 is 8.81 Å². The molecular formula is C16H20FN3O. The van der Waals surface area contributed by atoms with Crippen molar-refractivity contribution in [3.63, 3.8) is 0 Å². The highest BCUT2D eigenvalue weighted by Crippen LogP contribution is 2.06. The quantitative estimate of drug-likeness (QED) is 0.635. The van der Waals surface area contributed by atoms with Crippen LogP contribution in [0.4, 0.5) is 4.39 Å². The lowest BCUT2D eigenvalue weighted by Gasteiger charge is -2.11. The molecule has 0 unspecified atom stereocenters. The van der Waals surface area contributed by atoms with Crippen LogP contribution in [0.25, 0.3) is 0 Å². The monoisotopic (exact) mass is 289 g/mol. The first-order valence-electron chi connectivity index (χ1n) is 7.07. The zero-order valence-corrected chi connectivity index (χ0v) is 12.1. The summed E-state index contributed by atoms with van der Waals surface area (Å²) in [6.45, 7) is 3.86. The van der Waals surface area contributed by atoms with Gasteiger partial charge in [0, 0.05) is 13.1 Å². The van der Waals surface area contributed by atoms with E-state index in [4.69, 9.17) is 4.42 Å². The second kappa shape index (κ2) is 8.09. The topological polar surface area (TPSA) is 49.6 Å². The van der Waals surface area contributed by atoms with Crippen LogP contribution in [0.2, 0.25) is 0 Å². The summed E-state index contributed by atoms with van der Waals surface area (Å²) in [6, 6.07) is 10.5. The summed E-state index contributed by atoms with van der Waals surface area (Å²) in [6.07, 6.45) is 2.24. The molecule has 0 aliphatic heterocycles. The molecule has 0 spiro atoms. The first-order valence-corrected chi connectivity index (χ1v) is 7.07. The van der Waals surface area contributed by atoms with Gasteiger partial charge in [-0.2, -0.15) is 0 Å². The van der Waals surface area contributed by atoms with Gasteiger partial charge in [-0.05, 0) is 37.1 Å². The molecule has 1 aromatic carbocycles. The van der Waals surface area contributed by atoms with Gasteiger partial charge in [-0.1, -0.05) is 18.2 Å². The summed E-state index contributed by atoms with van der Waals surface area (Å²) in [4.78, 5) is 4.42. The van der Waals surface area contributed by atoms with Gasteiger partial charge in [0.15, 0.2) is 5.96 Å². The van der Waals surface area contributed by atoms with Crippen LogP contribution in [0.15, 0.2) is 52.1 Å². The summed E-state index contributed by atoms with van der Waals surface area (Å²) in [5, 5.41) is 6.34. The van der Waals surface area contributed by atoms with E-state index in [1.165, 1.54) is 6.07 Å². The van der Waals surface area contributed by atoms with Gasteiger partial charge in [0.2, 0.25) is 0 Å². The predicted molar refractivity (Wildman–Crippen MR) is 81.6 cm³/mol. The minimum atomic E-state index is -0.170. The Hall–Kier alpha value is -2.30. The Bertz CT molecular complexity index is 567. The average Bonchev–Trinajstić information content (AvgIpc) is 3.00. The fourth-order valence-electron chi connectivity index (χ4n) is 1.92. The second-order valence-electron chi connectivity index (χ2n) is 4.54. The Kier molecular flexibility index (Phi) is 5.82. The number of hydrogen-bond acceptors (Lipinski definition) is 2. The van der Waals surface area contributed by atoms with Crippen LogP contribution >= 0.6 is 0 Å². The van der Waals surface area contributed by atoms with Crippen molar-refractivity contribution in [2.45, 2.75) is 19.9 Å². The lowest BCUT2D eigenvalue weighted by atomic mass is 10.1. The number of guanidine groups is 1. The fourth-order valence-corrected chi connectivity index (χ4v) is 1.92. The van der Waals surface area contributed by atoms with Gasteiger partial charge in [-0.25, -0.2) is 9.38 Å².